The summed E-state index contributed by atoms with van der Waals surface area (Å²) in [5, 5.41) is 5.14. The van der Waals surface area contributed by atoms with Crippen LogP contribution in [0.5, 0.6) is 11.5 Å². The molecule has 2 aromatic rings. The predicted octanol–water partition coefficient (Wildman–Crippen LogP) is 3.00. The number of rotatable bonds is 4. The van der Waals surface area contributed by atoms with Gasteiger partial charge in [-0.2, -0.15) is 0 Å². The van der Waals surface area contributed by atoms with Crippen LogP contribution in [-0.2, 0) is 17.6 Å². The molecule has 1 aliphatic heterocycles. The molecule has 0 radical (unpaired) electrons. The van der Waals surface area contributed by atoms with Crippen LogP contribution in [0.25, 0.3) is 0 Å². The largest absolute Gasteiger partial charge is 0.485 e. The second-order valence-electron chi connectivity index (χ2n) is 7.46. The minimum absolute atomic E-state index is 0.132. The maximum atomic E-state index is 12.9. The first kappa shape index (κ1) is 19.7. The fourth-order valence-electron chi connectivity index (χ4n) is 3.67. The first-order valence-electron chi connectivity index (χ1n) is 9.85. The number of fused-ring (bicyclic) bond motifs is 2. The van der Waals surface area contributed by atoms with E-state index >= 15 is 0 Å². The maximum absolute atomic E-state index is 12.9. The van der Waals surface area contributed by atoms with Gasteiger partial charge in [-0.05, 0) is 43.4 Å². The predicted molar refractivity (Wildman–Crippen MR) is 112 cm³/mol. The van der Waals surface area contributed by atoms with Crippen LogP contribution in [0, 0.1) is 0 Å². The SMILES string of the molecule is CN(C)NC(=O)c1c(NC(=O)C2COc3ccccc3O2)sc2c1CCCCC2. The van der Waals surface area contributed by atoms with Crippen LogP contribution in [0.3, 0.4) is 0 Å². The summed E-state index contributed by atoms with van der Waals surface area (Å²) in [6.45, 7) is 0.132. The number of para-hydroxylation sites is 2. The van der Waals surface area contributed by atoms with Gasteiger partial charge in [0.05, 0.1) is 5.56 Å². The van der Waals surface area contributed by atoms with Gasteiger partial charge in [0.2, 0.25) is 6.10 Å². The second kappa shape index (κ2) is 8.42. The summed E-state index contributed by atoms with van der Waals surface area (Å²) >= 11 is 1.50. The average molecular weight is 416 g/mol. The molecule has 29 heavy (non-hydrogen) atoms. The normalized spacial score (nSPS) is 18.0. The van der Waals surface area contributed by atoms with E-state index in [-0.39, 0.29) is 18.4 Å². The van der Waals surface area contributed by atoms with E-state index in [0.717, 1.165) is 37.7 Å². The molecule has 8 heteroatoms. The number of carbonyl (C=O) groups excluding carboxylic acids is 2. The summed E-state index contributed by atoms with van der Waals surface area (Å²) in [5.74, 6) is 0.669. The van der Waals surface area contributed by atoms with Crippen molar-refractivity contribution < 1.29 is 19.1 Å². The minimum atomic E-state index is -0.767. The lowest BCUT2D eigenvalue weighted by atomic mass is 10.0. The number of ether oxygens (including phenoxy) is 2. The highest BCUT2D eigenvalue weighted by molar-refractivity contribution is 7.17. The van der Waals surface area contributed by atoms with Gasteiger partial charge in [0, 0.05) is 19.0 Å². The molecular weight excluding hydrogens is 390 g/mol. The summed E-state index contributed by atoms with van der Waals surface area (Å²) in [7, 11) is 3.54. The lowest BCUT2D eigenvalue weighted by Crippen LogP contribution is -2.41. The van der Waals surface area contributed by atoms with E-state index in [1.54, 1.807) is 25.2 Å². The molecule has 1 aromatic carbocycles. The van der Waals surface area contributed by atoms with E-state index in [9.17, 15) is 9.59 Å². The summed E-state index contributed by atoms with van der Waals surface area (Å²) in [4.78, 5) is 27.0. The van der Waals surface area contributed by atoms with Gasteiger partial charge in [0.15, 0.2) is 11.5 Å². The van der Waals surface area contributed by atoms with Gasteiger partial charge in [0.1, 0.15) is 11.6 Å². The first-order chi connectivity index (χ1) is 14.0. The number of hydrazine groups is 1. The van der Waals surface area contributed by atoms with Crippen molar-refractivity contribution in [2.24, 2.45) is 0 Å². The van der Waals surface area contributed by atoms with Crippen molar-refractivity contribution >= 4 is 28.2 Å². The number of thiophene rings is 1. The molecule has 154 valence electrons. The zero-order chi connectivity index (χ0) is 20.4. The van der Waals surface area contributed by atoms with Gasteiger partial charge in [-0.1, -0.05) is 18.6 Å². The van der Waals surface area contributed by atoms with E-state index < -0.39 is 6.10 Å². The number of anilines is 1. The lowest BCUT2D eigenvalue weighted by Gasteiger charge is -2.25. The van der Waals surface area contributed by atoms with E-state index in [2.05, 4.69) is 10.7 Å². The quantitative estimate of drug-likeness (QED) is 0.593. The second-order valence-corrected chi connectivity index (χ2v) is 8.56. The standard InChI is InChI=1S/C21H25N3O4S/c1-24(2)23-20(26)18-13-8-4-3-5-11-17(13)29-21(18)22-19(25)16-12-27-14-9-6-7-10-15(14)28-16/h6-7,9-10,16H,3-5,8,11-12H2,1-2H3,(H,22,25)(H,23,26). The molecule has 2 N–H and O–H groups in total. The molecule has 0 saturated carbocycles. The summed E-state index contributed by atoms with van der Waals surface area (Å²) in [6, 6.07) is 7.28. The fraction of sp³-hybridized carbons (Fsp3) is 0.429. The molecule has 2 amide bonds. The van der Waals surface area contributed by atoms with Crippen LogP contribution in [-0.4, -0.2) is 43.6 Å². The number of carbonyl (C=O) groups is 2. The first-order valence-corrected chi connectivity index (χ1v) is 10.7. The Labute approximate surface area is 174 Å². The molecule has 0 saturated heterocycles. The smallest absolute Gasteiger partial charge is 0.269 e. The van der Waals surface area contributed by atoms with Gasteiger partial charge in [-0.25, -0.2) is 5.01 Å². The van der Waals surface area contributed by atoms with Crippen molar-refractivity contribution in [1.29, 1.82) is 0 Å². The molecule has 2 aliphatic rings. The number of aryl methyl sites for hydroxylation is 1. The number of hydrogen-bond acceptors (Lipinski definition) is 6. The van der Waals surface area contributed by atoms with Crippen LogP contribution in [0.1, 0.15) is 40.1 Å². The molecule has 1 unspecified atom stereocenters. The van der Waals surface area contributed by atoms with Gasteiger partial charge < -0.3 is 14.8 Å². The Kier molecular flexibility index (Phi) is 5.73. The van der Waals surface area contributed by atoms with Gasteiger partial charge >= 0.3 is 0 Å². The van der Waals surface area contributed by atoms with Gasteiger partial charge in [-0.3, -0.25) is 15.0 Å². The number of nitrogens with zero attached hydrogens (tertiary/aromatic N) is 1. The van der Waals surface area contributed by atoms with Crippen molar-refractivity contribution in [3.05, 3.63) is 40.3 Å². The monoisotopic (exact) mass is 415 g/mol. The van der Waals surface area contributed by atoms with Gasteiger partial charge in [0.25, 0.3) is 11.8 Å². The van der Waals surface area contributed by atoms with Gasteiger partial charge in [-0.15, -0.1) is 11.3 Å². The van der Waals surface area contributed by atoms with E-state index in [4.69, 9.17) is 9.47 Å². The molecule has 1 aromatic heterocycles. The van der Waals surface area contributed by atoms with Crippen molar-refractivity contribution in [2.75, 3.05) is 26.0 Å². The number of benzene rings is 1. The number of nitrogens with one attached hydrogen (secondary N) is 2. The Morgan fingerprint density at radius 3 is 2.66 bits per heavy atom. The number of amides is 2. The zero-order valence-electron chi connectivity index (χ0n) is 16.6. The molecule has 0 spiro atoms. The highest BCUT2D eigenvalue weighted by atomic mass is 32.1. The highest BCUT2D eigenvalue weighted by Gasteiger charge is 2.31. The Bertz CT molecular complexity index is 925. The zero-order valence-corrected chi connectivity index (χ0v) is 17.4. The third-order valence-corrected chi connectivity index (χ3v) is 6.22. The van der Waals surface area contributed by atoms with Crippen LogP contribution in [0.4, 0.5) is 5.00 Å². The summed E-state index contributed by atoms with van der Waals surface area (Å²) < 4.78 is 11.5. The Balaban J connectivity index is 1.58. The molecule has 1 atom stereocenters. The fourth-order valence-corrected chi connectivity index (χ4v) is 4.96. The van der Waals surface area contributed by atoms with E-state index in [1.807, 2.05) is 18.2 Å². The van der Waals surface area contributed by atoms with Crippen molar-refractivity contribution in [1.82, 2.24) is 10.4 Å². The van der Waals surface area contributed by atoms with E-state index in [0.29, 0.717) is 22.1 Å². The molecule has 7 nitrogen and oxygen atoms in total. The van der Waals surface area contributed by atoms with Crippen LogP contribution in [0.15, 0.2) is 24.3 Å². The average Bonchev–Trinajstić information content (AvgIpc) is 2.87. The summed E-state index contributed by atoms with van der Waals surface area (Å²) in [6.07, 6.45) is 4.34. The Morgan fingerprint density at radius 1 is 1.10 bits per heavy atom. The third-order valence-electron chi connectivity index (χ3n) is 5.01. The van der Waals surface area contributed by atoms with Crippen LogP contribution < -0.4 is 20.2 Å². The minimum Gasteiger partial charge on any atom is -0.485 e. The Morgan fingerprint density at radius 2 is 1.86 bits per heavy atom. The van der Waals surface area contributed by atoms with E-state index in [1.165, 1.54) is 16.2 Å². The highest BCUT2D eigenvalue weighted by Crippen LogP contribution is 2.38. The maximum Gasteiger partial charge on any atom is 0.269 e. The molecule has 2 heterocycles. The molecule has 1 aliphatic carbocycles. The molecular formula is C21H25N3O4S. The summed E-state index contributed by atoms with van der Waals surface area (Å²) in [5.41, 5.74) is 4.45. The third kappa shape index (κ3) is 4.23. The van der Waals surface area contributed by atoms with Crippen LogP contribution >= 0.6 is 11.3 Å². The Hall–Kier alpha value is -2.58. The molecule has 4 rings (SSSR count). The van der Waals surface area contributed by atoms with Crippen molar-refractivity contribution in [3.63, 3.8) is 0 Å². The molecule has 0 fully saturated rings. The topological polar surface area (TPSA) is 79.9 Å². The van der Waals surface area contributed by atoms with Crippen LogP contribution in [0.2, 0.25) is 0 Å². The molecule has 0 bridgehead atoms. The lowest BCUT2D eigenvalue weighted by molar-refractivity contribution is -0.125. The van der Waals surface area contributed by atoms with Crippen molar-refractivity contribution in [3.8, 4) is 11.5 Å². The van der Waals surface area contributed by atoms with Crippen molar-refractivity contribution in [2.45, 2.75) is 38.2 Å². The number of hydrogen-bond donors (Lipinski definition) is 2.